The highest BCUT2D eigenvalue weighted by Gasteiger charge is 2.35. The van der Waals surface area contributed by atoms with Crippen LogP contribution in [-0.4, -0.2) is 66.2 Å². The number of thioether (sulfide) groups is 2. The first-order chi connectivity index (χ1) is 10.5. The number of carbonyl (C=O) groups is 2. The molecule has 22 heavy (non-hydrogen) atoms. The number of carbonyl (C=O) groups excluding carboxylic acids is 2. The minimum absolute atomic E-state index is 0.00183. The summed E-state index contributed by atoms with van der Waals surface area (Å²) in [4.78, 5) is 28.7. The van der Waals surface area contributed by atoms with E-state index in [-0.39, 0.29) is 17.9 Å². The Kier molecular flexibility index (Phi) is 6.02. The summed E-state index contributed by atoms with van der Waals surface area (Å²) in [5.41, 5.74) is 0. The Labute approximate surface area is 139 Å². The highest BCUT2D eigenvalue weighted by Crippen LogP contribution is 2.26. The fourth-order valence-electron chi connectivity index (χ4n) is 2.11. The van der Waals surface area contributed by atoms with Gasteiger partial charge in [0.25, 0.3) is 0 Å². The van der Waals surface area contributed by atoms with Crippen molar-refractivity contribution >= 4 is 35.3 Å². The largest absolute Gasteiger partial charge is 0.497 e. The number of methoxy groups -OCH3 is 1. The fourth-order valence-corrected chi connectivity index (χ4v) is 4.11. The topological polar surface area (TPSA) is 49.9 Å². The van der Waals surface area contributed by atoms with Crippen molar-refractivity contribution in [2.75, 3.05) is 38.6 Å². The molecule has 2 rings (SSSR count). The molecule has 0 radical (unpaired) electrons. The zero-order valence-electron chi connectivity index (χ0n) is 12.9. The van der Waals surface area contributed by atoms with Gasteiger partial charge in [-0.3, -0.25) is 9.59 Å². The van der Waals surface area contributed by atoms with Crippen LogP contribution in [0.4, 0.5) is 0 Å². The Hall–Kier alpha value is -1.34. The van der Waals surface area contributed by atoms with E-state index in [0.717, 1.165) is 10.6 Å². The molecular weight excluding hydrogens is 320 g/mol. The van der Waals surface area contributed by atoms with E-state index in [9.17, 15) is 9.59 Å². The molecule has 0 unspecified atom stereocenters. The molecule has 0 aliphatic carbocycles. The molecule has 7 heteroatoms. The Bertz CT molecular complexity index is 551. The van der Waals surface area contributed by atoms with Gasteiger partial charge in [0.2, 0.25) is 11.8 Å². The summed E-state index contributed by atoms with van der Waals surface area (Å²) in [6, 6.07) is 7.28. The molecule has 1 fully saturated rings. The van der Waals surface area contributed by atoms with E-state index in [2.05, 4.69) is 0 Å². The summed E-state index contributed by atoms with van der Waals surface area (Å²) in [7, 11) is 5.06. The van der Waals surface area contributed by atoms with Crippen LogP contribution in [0.5, 0.6) is 5.75 Å². The zero-order chi connectivity index (χ0) is 16.1. The van der Waals surface area contributed by atoms with Crippen molar-refractivity contribution in [3.63, 3.8) is 0 Å². The van der Waals surface area contributed by atoms with Crippen molar-refractivity contribution in [3.8, 4) is 5.75 Å². The highest BCUT2D eigenvalue weighted by atomic mass is 32.2. The molecule has 5 nitrogen and oxygen atoms in total. The predicted molar refractivity (Wildman–Crippen MR) is 90.4 cm³/mol. The van der Waals surface area contributed by atoms with Gasteiger partial charge in [-0.05, 0) is 18.2 Å². The smallest absolute Gasteiger partial charge is 0.245 e. The van der Waals surface area contributed by atoms with Gasteiger partial charge >= 0.3 is 0 Å². The third-order valence-corrected chi connectivity index (χ3v) is 5.32. The average molecular weight is 340 g/mol. The maximum absolute atomic E-state index is 12.4. The average Bonchev–Trinajstić information content (AvgIpc) is 3.01. The van der Waals surface area contributed by atoms with E-state index < -0.39 is 0 Å². The second-order valence-corrected chi connectivity index (χ2v) is 7.13. The lowest BCUT2D eigenvalue weighted by Gasteiger charge is -2.25. The van der Waals surface area contributed by atoms with Crippen LogP contribution in [0.1, 0.15) is 0 Å². The molecule has 1 aromatic carbocycles. The second kappa shape index (κ2) is 7.78. The number of rotatable bonds is 5. The van der Waals surface area contributed by atoms with Gasteiger partial charge in [0.1, 0.15) is 11.8 Å². The minimum Gasteiger partial charge on any atom is -0.497 e. The van der Waals surface area contributed by atoms with E-state index in [1.807, 2.05) is 24.3 Å². The van der Waals surface area contributed by atoms with E-state index >= 15 is 0 Å². The number of likely N-dealkylation sites (N-methyl/N-ethyl adjacent to an activating group) is 1. The Morgan fingerprint density at radius 2 is 2.23 bits per heavy atom. The van der Waals surface area contributed by atoms with Gasteiger partial charge in [0, 0.05) is 24.7 Å². The predicted octanol–water partition coefficient (Wildman–Crippen LogP) is 1.78. The van der Waals surface area contributed by atoms with Crippen molar-refractivity contribution in [1.82, 2.24) is 9.80 Å². The van der Waals surface area contributed by atoms with Gasteiger partial charge in [-0.25, -0.2) is 0 Å². The van der Waals surface area contributed by atoms with Crippen molar-refractivity contribution in [2.45, 2.75) is 10.9 Å². The maximum Gasteiger partial charge on any atom is 0.245 e. The van der Waals surface area contributed by atoms with Gasteiger partial charge in [0.05, 0.1) is 18.7 Å². The monoisotopic (exact) mass is 340 g/mol. The molecule has 0 bridgehead atoms. The maximum atomic E-state index is 12.4. The molecular formula is C15H20N2O3S2. The molecule has 0 aromatic heterocycles. The van der Waals surface area contributed by atoms with Crippen molar-refractivity contribution in [1.29, 1.82) is 0 Å². The first kappa shape index (κ1) is 17.0. The summed E-state index contributed by atoms with van der Waals surface area (Å²) in [5, 5.41) is 0. The zero-order valence-corrected chi connectivity index (χ0v) is 14.6. The van der Waals surface area contributed by atoms with Crippen molar-refractivity contribution < 1.29 is 14.3 Å². The Morgan fingerprint density at radius 3 is 2.91 bits per heavy atom. The van der Waals surface area contributed by atoms with Gasteiger partial charge < -0.3 is 14.5 Å². The number of ether oxygens (including phenoxy) is 1. The molecule has 0 saturated carbocycles. The Morgan fingerprint density at radius 1 is 1.45 bits per heavy atom. The summed E-state index contributed by atoms with van der Waals surface area (Å²) in [5.74, 6) is 2.34. The van der Waals surface area contributed by atoms with Crippen LogP contribution in [0.2, 0.25) is 0 Å². The SMILES string of the molecule is COc1cccc(SCC(=O)N2CSC[C@@H]2C(=O)N(C)C)c1. The number of nitrogens with zero attached hydrogens (tertiary/aromatic N) is 2. The van der Waals surface area contributed by atoms with E-state index in [1.165, 1.54) is 11.8 Å². The lowest BCUT2D eigenvalue weighted by atomic mass is 10.2. The normalized spacial score (nSPS) is 17.4. The van der Waals surface area contributed by atoms with E-state index in [1.54, 1.807) is 42.8 Å². The first-order valence-corrected chi connectivity index (χ1v) is 9.02. The van der Waals surface area contributed by atoms with Crippen LogP contribution in [0.25, 0.3) is 0 Å². The highest BCUT2D eigenvalue weighted by molar-refractivity contribution is 8.00. The summed E-state index contributed by atoms with van der Waals surface area (Å²) in [6.45, 7) is 0. The van der Waals surface area contributed by atoms with Gasteiger partial charge in [-0.1, -0.05) is 6.07 Å². The minimum atomic E-state index is -0.335. The lowest BCUT2D eigenvalue weighted by molar-refractivity contribution is -0.140. The van der Waals surface area contributed by atoms with Crippen LogP contribution < -0.4 is 4.74 Å². The fraction of sp³-hybridized carbons (Fsp3) is 0.467. The summed E-state index contributed by atoms with van der Waals surface area (Å²) < 4.78 is 5.17. The summed E-state index contributed by atoms with van der Waals surface area (Å²) >= 11 is 3.08. The standard InChI is InChI=1S/C15H20N2O3S2/c1-16(2)15(19)13-8-21-10-17(13)14(18)9-22-12-6-4-5-11(7-12)20-3/h4-7,13H,8-10H2,1-3H3/t13-/m1/s1. The third-order valence-electron chi connectivity index (χ3n) is 3.33. The lowest BCUT2D eigenvalue weighted by Crippen LogP contribution is -2.47. The van der Waals surface area contributed by atoms with E-state index in [0.29, 0.717) is 17.4 Å². The Balaban J connectivity index is 1.95. The molecule has 0 N–H and O–H groups in total. The van der Waals surface area contributed by atoms with Crippen LogP contribution >= 0.6 is 23.5 Å². The number of amides is 2. The molecule has 1 aliphatic rings. The summed E-state index contributed by atoms with van der Waals surface area (Å²) in [6.07, 6.45) is 0. The van der Waals surface area contributed by atoms with Gasteiger partial charge in [-0.15, -0.1) is 23.5 Å². The molecule has 1 heterocycles. The molecule has 2 amide bonds. The first-order valence-electron chi connectivity index (χ1n) is 6.88. The molecule has 1 saturated heterocycles. The van der Waals surface area contributed by atoms with Gasteiger partial charge in [-0.2, -0.15) is 0 Å². The number of hydrogen-bond acceptors (Lipinski definition) is 5. The molecule has 1 aromatic rings. The third kappa shape index (κ3) is 4.10. The van der Waals surface area contributed by atoms with Gasteiger partial charge in [0.15, 0.2) is 0 Å². The van der Waals surface area contributed by atoms with E-state index in [4.69, 9.17) is 4.74 Å². The molecule has 0 spiro atoms. The van der Waals surface area contributed by atoms with Crippen LogP contribution in [0.3, 0.4) is 0 Å². The molecule has 1 aliphatic heterocycles. The van der Waals surface area contributed by atoms with Crippen LogP contribution in [0.15, 0.2) is 29.2 Å². The van der Waals surface area contributed by atoms with Crippen LogP contribution in [-0.2, 0) is 9.59 Å². The number of hydrogen-bond donors (Lipinski definition) is 0. The van der Waals surface area contributed by atoms with Crippen molar-refractivity contribution in [2.24, 2.45) is 0 Å². The quantitative estimate of drug-likeness (QED) is 0.765. The second-order valence-electron chi connectivity index (χ2n) is 5.08. The van der Waals surface area contributed by atoms with Crippen molar-refractivity contribution in [3.05, 3.63) is 24.3 Å². The molecule has 1 atom stereocenters. The number of benzene rings is 1. The van der Waals surface area contributed by atoms with Crippen LogP contribution in [0, 0.1) is 0 Å². The molecule has 120 valence electrons.